The molecular weight excluding hydrogens is 274 g/mol. The molecule has 1 N–H and O–H groups in total. The fourth-order valence-electron chi connectivity index (χ4n) is 2.84. The lowest BCUT2D eigenvalue weighted by Crippen LogP contribution is -2.25. The third-order valence-corrected chi connectivity index (χ3v) is 4.63. The van der Waals surface area contributed by atoms with E-state index in [2.05, 4.69) is 74.1 Å². The Bertz CT molecular complexity index is 537. The molecule has 1 aromatic heterocycles. The van der Waals surface area contributed by atoms with Crippen molar-refractivity contribution >= 4 is 11.3 Å². The second kappa shape index (κ2) is 7.24. The first-order chi connectivity index (χ1) is 10.0. The Morgan fingerprint density at radius 2 is 1.90 bits per heavy atom. The van der Waals surface area contributed by atoms with Crippen LogP contribution in [-0.4, -0.2) is 6.54 Å². The Hall–Kier alpha value is -1.12. The first-order valence-electron chi connectivity index (χ1n) is 7.86. The fraction of sp³-hybridized carbons (Fsp3) is 0.474. The minimum atomic E-state index is 0.187. The Balaban J connectivity index is 2.21. The van der Waals surface area contributed by atoms with Gasteiger partial charge in [-0.05, 0) is 58.3 Å². The molecule has 1 unspecified atom stereocenters. The smallest absolute Gasteiger partial charge is 0.0326 e. The maximum Gasteiger partial charge on any atom is 0.0326 e. The summed E-state index contributed by atoms with van der Waals surface area (Å²) in [5.41, 5.74) is 4.56. The second-order valence-corrected chi connectivity index (χ2v) is 7.40. The molecule has 0 spiro atoms. The van der Waals surface area contributed by atoms with E-state index in [1.807, 2.05) is 0 Å². The summed E-state index contributed by atoms with van der Waals surface area (Å²) in [5.74, 6) is 0. The van der Waals surface area contributed by atoms with Crippen molar-refractivity contribution in [2.75, 3.05) is 6.54 Å². The van der Waals surface area contributed by atoms with Gasteiger partial charge in [-0.1, -0.05) is 52.0 Å². The molecule has 0 saturated heterocycles. The second-order valence-electron chi connectivity index (χ2n) is 6.62. The van der Waals surface area contributed by atoms with Gasteiger partial charge in [0.05, 0.1) is 0 Å². The lowest BCUT2D eigenvalue weighted by atomic mass is 9.81. The lowest BCUT2D eigenvalue weighted by Gasteiger charge is -2.28. The summed E-state index contributed by atoms with van der Waals surface area (Å²) in [7, 11) is 0. The number of hydrogen-bond donors (Lipinski definition) is 1. The Morgan fingerprint density at radius 3 is 2.52 bits per heavy atom. The number of aryl methyl sites for hydroxylation is 1. The van der Waals surface area contributed by atoms with Gasteiger partial charge < -0.3 is 5.32 Å². The van der Waals surface area contributed by atoms with E-state index in [1.54, 1.807) is 11.3 Å². The Labute approximate surface area is 133 Å². The monoisotopic (exact) mass is 301 g/mol. The zero-order valence-electron chi connectivity index (χ0n) is 13.6. The van der Waals surface area contributed by atoms with E-state index < -0.39 is 0 Å². The molecule has 2 heteroatoms. The fourth-order valence-corrected chi connectivity index (χ4v) is 3.55. The van der Waals surface area contributed by atoms with Gasteiger partial charge in [-0.25, -0.2) is 0 Å². The zero-order chi connectivity index (χ0) is 15.3. The number of hydrogen-bond acceptors (Lipinski definition) is 2. The summed E-state index contributed by atoms with van der Waals surface area (Å²) in [4.78, 5) is 0. The molecule has 2 rings (SSSR count). The van der Waals surface area contributed by atoms with Crippen molar-refractivity contribution in [3.05, 3.63) is 57.8 Å². The van der Waals surface area contributed by atoms with Crippen LogP contribution in [0.5, 0.6) is 0 Å². The molecule has 2 aromatic rings. The van der Waals surface area contributed by atoms with Crippen LogP contribution < -0.4 is 5.32 Å². The summed E-state index contributed by atoms with van der Waals surface area (Å²) in [5, 5.41) is 8.11. The van der Waals surface area contributed by atoms with Crippen LogP contribution in [0.3, 0.4) is 0 Å². The topological polar surface area (TPSA) is 12.0 Å². The highest BCUT2D eigenvalue weighted by Crippen LogP contribution is 2.31. The van der Waals surface area contributed by atoms with E-state index in [0.29, 0.717) is 6.04 Å². The van der Waals surface area contributed by atoms with Gasteiger partial charge in [0, 0.05) is 6.04 Å². The van der Waals surface area contributed by atoms with Gasteiger partial charge in [-0.3, -0.25) is 0 Å². The average Bonchev–Trinajstić information content (AvgIpc) is 2.96. The van der Waals surface area contributed by atoms with E-state index in [1.165, 1.54) is 16.7 Å². The van der Waals surface area contributed by atoms with E-state index in [9.17, 15) is 0 Å². The summed E-state index contributed by atoms with van der Waals surface area (Å²) in [6.07, 6.45) is 2.29. The maximum absolute atomic E-state index is 3.68. The molecule has 114 valence electrons. The van der Waals surface area contributed by atoms with E-state index in [-0.39, 0.29) is 5.41 Å². The van der Waals surface area contributed by atoms with Crippen molar-refractivity contribution in [2.45, 2.75) is 52.0 Å². The van der Waals surface area contributed by atoms with Gasteiger partial charge >= 0.3 is 0 Å². The zero-order valence-corrected chi connectivity index (χ0v) is 14.5. The third kappa shape index (κ3) is 4.42. The van der Waals surface area contributed by atoms with Gasteiger partial charge in [-0.15, -0.1) is 0 Å². The van der Waals surface area contributed by atoms with E-state index in [0.717, 1.165) is 19.4 Å². The Kier molecular flexibility index (Phi) is 5.60. The highest BCUT2D eigenvalue weighted by atomic mass is 32.1. The molecule has 21 heavy (non-hydrogen) atoms. The lowest BCUT2D eigenvalue weighted by molar-refractivity contribution is 0.493. The van der Waals surface area contributed by atoms with Gasteiger partial charge in [0.1, 0.15) is 0 Å². The molecule has 1 heterocycles. The molecule has 0 radical (unpaired) electrons. The van der Waals surface area contributed by atoms with Crippen LogP contribution in [0.4, 0.5) is 0 Å². The molecule has 0 amide bonds. The SMILES string of the molecule is CCNC(CCc1ccsc1)c1ccccc1C(C)(C)C. The predicted molar refractivity (Wildman–Crippen MR) is 94.2 cm³/mol. The highest BCUT2D eigenvalue weighted by molar-refractivity contribution is 7.07. The normalized spacial score (nSPS) is 13.3. The van der Waals surface area contributed by atoms with Crippen LogP contribution in [0, 0.1) is 0 Å². The molecule has 0 aliphatic carbocycles. The minimum absolute atomic E-state index is 0.187. The Morgan fingerprint density at radius 1 is 1.14 bits per heavy atom. The van der Waals surface area contributed by atoms with Crippen molar-refractivity contribution in [1.29, 1.82) is 0 Å². The quantitative estimate of drug-likeness (QED) is 0.760. The molecule has 1 nitrogen and oxygen atoms in total. The van der Waals surface area contributed by atoms with Gasteiger partial charge in [0.25, 0.3) is 0 Å². The molecule has 0 aliphatic rings. The summed E-state index contributed by atoms with van der Waals surface area (Å²) in [6, 6.07) is 11.6. The molecule has 1 aromatic carbocycles. The molecule has 0 fully saturated rings. The van der Waals surface area contributed by atoms with Crippen LogP contribution in [-0.2, 0) is 11.8 Å². The van der Waals surface area contributed by atoms with E-state index >= 15 is 0 Å². The third-order valence-electron chi connectivity index (χ3n) is 3.90. The summed E-state index contributed by atoms with van der Waals surface area (Å²) < 4.78 is 0. The van der Waals surface area contributed by atoms with Crippen LogP contribution >= 0.6 is 11.3 Å². The van der Waals surface area contributed by atoms with Crippen molar-refractivity contribution in [3.8, 4) is 0 Å². The first-order valence-corrected chi connectivity index (χ1v) is 8.80. The molecule has 0 bridgehead atoms. The average molecular weight is 301 g/mol. The molecule has 0 saturated carbocycles. The van der Waals surface area contributed by atoms with Gasteiger partial charge in [0.15, 0.2) is 0 Å². The minimum Gasteiger partial charge on any atom is -0.310 e. The standard InChI is InChI=1S/C19H27NS/c1-5-20-18(11-10-15-12-13-21-14-15)16-8-6-7-9-17(16)19(2,3)4/h6-9,12-14,18,20H,5,10-11H2,1-4H3. The van der Waals surface area contributed by atoms with Gasteiger partial charge in [-0.2, -0.15) is 11.3 Å². The number of rotatable bonds is 6. The first kappa shape index (κ1) is 16.3. The van der Waals surface area contributed by atoms with Crippen molar-refractivity contribution in [2.24, 2.45) is 0 Å². The molecular formula is C19H27NS. The van der Waals surface area contributed by atoms with Crippen LogP contribution in [0.2, 0.25) is 0 Å². The van der Waals surface area contributed by atoms with Crippen LogP contribution in [0.15, 0.2) is 41.1 Å². The highest BCUT2D eigenvalue weighted by Gasteiger charge is 2.21. The maximum atomic E-state index is 3.68. The largest absolute Gasteiger partial charge is 0.310 e. The summed E-state index contributed by atoms with van der Waals surface area (Å²) in [6.45, 7) is 10.1. The predicted octanol–water partition coefficient (Wildman–Crippen LogP) is 5.33. The number of thiophene rings is 1. The van der Waals surface area contributed by atoms with Crippen molar-refractivity contribution < 1.29 is 0 Å². The van der Waals surface area contributed by atoms with Crippen LogP contribution in [0.25, 0.3) is 0 Å². The van der Waals surface area contributed by atoms with E-state index in [4.69, 9.17) is 0 Å². The number of benzene rings is 1. The number of nitrogens with one attached hydrogen (secondary N) is 1. The van der Waals surface area contributed by atoms with Crippen molar-refractivity contribution in [1.82, 2.24) is 5.32 Å². The summed E-state index contributed by atoms with van der Waals surface area (Å²) >= 11 is 1.79. The van der Waals surface area contributed by atoms with Crippen LogP contribution in [0.1, 0.15) is 56.8 Å². The molecule has 1 atom stereocenters. The van der Waals surface area contributed by atoms with Gasteiger partial charge in [0.2, 0.25) is 0 Å². The van der Waals surface area contributed by atoms with Crippen molar-refractivity contribution in [3.63, 3.8) is 0 Å². The molecule has 0 aliphatic heterocycles.